The number of Topliss-reactive ketones (excluding diaryl/α,β-unsaturated/α-hetero) is 5. The van der Waals surface area contributed by atoms with E-state index in [0.29, 0.717) is 5.57 Å². The molecule has 3 heterocycles. The van der Waals surface area contributed by atoms with Crippen molar-refractivity contribution in [2.24, 2.45) is 0 Å². The van der Waals surface area contributed by atoms with Gasteiger partial charge in [0.1, 0.15) is 24.3 Å². The molecular formula is C32H36N2O10. The van der Waals surface area contributed by atoms with E-state index in [1.807, 2.05) is 0 Å². The Kier molecular flexibility index (Phi) is 7.98. The van der Waals surface area contributed by atoms with E-state index < -0.39 is 72.0 Å². The van der Waals surface area contributed by atoms with E-state index in [0.717, 1.165) is 0 Å². The molecule has 0 radical (unpaired) electrons. The Bertz CT molecular complexity index is 1590. The van der Waals surface area contributed by atoms with E-state index in [-0.39, 0.29) is 63.6 Å². The molecule has 2 N–H and O–H groups in total. The van der Waals surface area contributed by atoms with Crippen LogP contribution < -0.4 is 0 Å². The minimum absolute atomic E-state index is 0.0305. The number of ether oxygens (including phenoxy) is 2. The first-order valence-corrected chi connectivity index (χ1v) is 14.5. The summed E-state index contributed by atoms with van der Waals surface area (Å²) in [6, 6.07) is -4.47. The highest BCUT2D eigenvalue weighted by atomic mass is 16.5. The lowest BCUT2D eigenvalue weighted by molar-refractivity contribution is -0.150. The maximum atomic E-state index is 13.9. The molecule has 0 saturated carbocycles. The number of allylic oxidation sites excluding steroid dienone is 5. The largest absolute Gasteiger partial charge is 0.507 e. The maximum Gasteiger partial charge on any atom is 0.333 e. The molecule has 44 heavy (non-hydrogen) atoms. The molecule has 5 aliphatic rings. The van der Waals surface area contributed by atoms with Crippen LogP contribution in [0.4, 0.5) is 0 Å². The van der Waals surface area contributed by atoms with Gasteiger partial charge in [0.05, 0.1) is 25.2 Å². The number of aliphatic hydroxyl groups is 2. The van der Waals surface area contributed by atoms with Gasteiger partial charge in [-0.3, -0.25) is 33.8 Å². The fourth-order valence-corrected chi connectivity index (χ4v) is 7.55. The summed E-state index contributed by atoms with van der Waals surface area (Å²) < 4.78 is 11.0. The molecule has 1 fully saturated rings. The zero-order valence-corrected chi connectivity index (χ0v) is 25.7. The van der Waals surface area contributed by atoms with Gasteiger partial charge in [0, 0.05) is 57.5 Å². The number of esters is 1. The number of hydrogen-bond donors (Lipinski definition) is 2. The fourth-order valence-electron chi connectivity index (χ4n) is 7.55. The Labute approximate surface area is 254 Å². The quantitative estimate of drug-likeness (QED) is 0.145. The molecule has 0 unspecified atom stereocenters. The van der Waals surface area contributed by atoms with Crippen LogP contribution in [-0.2, 0) is 38.2 Å². The number of aliphatic hydroxyl groups excluding tert-OH is 2. The molecule has 1 saturated heterocycles. The van der Waals surface area contributed by atoms with Crippen LogP contribution in [-0.4, -0.2) is 112 Å². The summed E-state index contributed by atoms with van der Waals surface area (Å²) >= 11 is 0. The molecule has 0 spiro atoms. The summed E-state index contributed by atoms with van der Waals surface area (Å²) in [5.74, 6) is -4.31. The van der Waals surface area contributed by atoms with Crippen molar-refractivity contribution in [1.82, 2.24) is 9.80 Å². The molecule has 0 aromatic rings. The van der Waals surface area contributed by atoms with Crippen LogP contribution in [0.1, 0.15) is 47.5 Å². The van der Waals surface area contributed by atoms with Gasteiger partial charge in [-0.05, 0) is 48.1 Å². The van der Waals surface area contributed by atoms with Crippen LogP contribution in [0.3, 0.4) is 0 Å². The van der Waals surface area contributed by atoms with E-state index in [2.05, 4.69) is 0 Å². The first kappa shape index (κ1) is 31.4. The van der Waals surface area contributed by atoms with Gasteiger partial charge in [-0.2, -0.15) is 0 Å². The summed E-state index contributed by atoms with van der Waals surface area (Å²) in [5, 5.41) is 23.0. The number of piperazine rings is 1. The standard InChI is InChI=1S/C32H36N2O10/c1-8-12(2)32(42)44-11-19-20-16(25(36)14(4)27(38)29(20)40)10-18-23-21-22(26(37)15(5)31(43-7)30(21)41)28(39)24(33(23)6)17(34(18)19)9-13(3)35/h8,17-19,23-24,28,36,39H,9-11H2,1-7H3/b12-8-/t17-,18-,19-,23-,24+,28-/m0/s1. The van der Waals surface area contributed by atoms with Crippen LogP contribution in [0.25, 0.3) is 0 Å². The molecule has 234 valence electrons. The second-order valence-electron chi connectivity index (χ2n) is 12.0. The maximum absolute atomic E-state index is 13.9. The van der Waals surface area contributed by atoms with Gasteiger partial charge in [0.2, 0.25) is 17.3 Å². The number of likely N-dealkylation sites (N-methyl/N-ethyl adjacent to an activating group) is 1. The monoisotopic (exact) mass is 608 g/mol. The first-order chi connectivity index (χ1) is 20.7. The Morgan fingerprint density at radius 2 is 1.64 bits per heavy atom. The molecule has 0 amide bonds. The highest BCUT2D eigenvalue weighted by molar-refractivity contribution is 6.50. The molecule has 12 heteroatoms. The van der Waals surface area contributed by atoms with E-state index in [1.165, 1.54) is 27.9 Å². The second kappa shape index (κ2) is 11.2. The topological polar surface area (TPSA) is 168 Å². The average Bonchev–Trinajstić information content (AvgIpc) is 2.98. The number of rotatable bonds is 6. The molecular weight excluding hydrogens is 572 g/mol. The third kappa shape index (κ3) is 4.38. The number of methoxy groups -OCH3 is 1. The number of nitrogens with zero attached hydrogens (tertiary/aromatic N) is 2. The van der Waals surface area contributed by atoms with Crippen LogP contribution in [0.15, 0.2) is 56.6 Å². The molecule has 3 aliphatic heterocycles. The smallest absolute Gasteiger partial charge is 0.333 e. The zero-order valence-electron chi connectivity index (χ0n) is 25.7. The highest BCUT2D eigenvalue weighted by Gasteiger charge is 2.62. The summed E-state index contributed by atoms with van der Waals surface area (Å²) in [7, 11) is 2.97. The van der Waals surface area contributed by atoms with Gasteiger partial charge < -0.3 is 19.7 Å². The van der Waals surface area contributed by atoms with Gasteiger partial charge in [0.15, 0.2) is 11.5 Å². The van der Waals surface area contributed by atoms with E-state index in [1.54, 1.807) is 36.8 Å². The Morgan fingerprint density at radius 3 is 2.23 bits per heavy atom. The Balaban J connectivity index is 1.77. The lowest BCUT2D eigenvalue weighted by Crippen LogP contribution is -2.77. The zero-order chi connectivity index (χ0) is 32.5. The number of hydrogen-bond acceptors (Lipinski definition) is 12. The van der Waals surface area contributed by atoms with E-state index in [4.69, 9.17) is 9.47 Å². The van der Waals surface area contributed by atoms with Crippen LogP contribution >= 0.6 is 0 Å². The van der Waals surface area contributed by atoms with Crippen LogP contribution in [0.5, 0.6) is 0 Å². The van der Waals surface area contributed by atoms with E-state index in [9.17, 15) is 39.0 Å². The number of carbonyl (C=O) groups is 6. The van der Waals surface area contributed by atoms with Crippen LogP contribution in [0, 0.1) is 0 Å². The predicted molar refractivity (Wildman–Crippen MR) is 154 cm³/mol. The Morgan fingerprint density at radius 1 is 0.977 bits per heavy atom. The van der Waals surface area contributed by atoms with Crippen molar-refractivity contribution in [2.45, 2.75) is 83.8 Å². The number of ketones is 5. The van der Waals surface area contributed by atoms with Crippen molar-refractivity contribution >= 4 is 34.9 Å². The van der Waals surface area contributed by atoms with Crippen molar-refractivity contribution in [2.75, 3.05) is 20.8 Å². The van der Waals surface area contributed by atoms with Crippen molar-refractivity contribution in [1.29, 1.82) is 0 Å². The van der Waals surface area contributed by atoms with E-state index >= 15 is 0 Å². The molecule has 2 bridgehead atoms. The molecule has 12 nitrogen and oxygen atoms in total. The summed E-state index contributed by atoms with van der Waals surface area (Å²) in [6.07, 6.45) is -0.0979. The van der Waals surface area contributed by atoms with Crippen molar-refractivity contribution in [3.8, 4) is 0 Å². The van der Waals surface area contributed by atoms with Crippen molar-refractivity contribution in [3.63, 3.8) is 0 Å². The Hall–Kier alpha value is -4.00. The molecule has 6 atom stereocenters. The molecule has 2 aliphatic carbocycles. The number of carbonyl (C=O) groups excluding carboxylic acids is 6. The normalized spacial score (nSPS) is 31.3. The minimum Gasteiger partial charge on any atom is -0.507 e. The molecule has 0 aromatic carbocycles. The minimum atomic E-state index is -1.50. The highest BCUT2D eigenvalue weighted by Crippen LogP contribution is 2.50. The van der Waals surface area contributed by atoms with Gasteiger partial charge in [-0.25, -0.2) is 4.79 Å². The lowest BCUT2D eigenvalue weighted by atomic mass is 9.66. The summed E-state index contributed by atoms with van der Waals surface area (Å²) in [4.78, 5) is 83.2. The summed E-state index contributed by atoms with van der Waals surface area (Å²) in [5.41, 5.74) is 0.315. The lowest BCUT2D eigenvalue weighted by Gasteiger charge is -2.62. The summed E-state index contributed by atoms with van der Waals surface area (Å²) in [6.45, 7) is 6.97. The predicted octanol–water partition coefficient (Wildman–Crippen LogP) is 0.993. The van der Waals surface area contributed by atoms with Gasteiger partial charge in [0.25, 0.3) is 0 Å². The fraction of sp³-hybridized carbons (Fsp3) is 0.500. The molecule has 0 aromatic heterocycles. The number of fused-ring (bicyclic) bond motifs is 5. The third-order valence-electron chi connectivity index (χ3n) is 9.71. The molecule has 5 rings (SSSR count). The third-order valence-corrected chi connectivity index (χ3v) is 9.71. The SMILES string of the molecule is C/C=C(/C)C(=O)OC[C@H]1C2=C(C[C@H]3[C@H]4C5=C(C(=O)C(C)=C(OC)C5=O)[C@H](O)[C@@H]([C@H](CC(C)=O)N13)N4C)C(O)=C(C)C(=O)C2=O. The average molecular weight is 609 g/mol. The van der Waals surface area contributed by atoms with Crippen LogP contribution in [0.2, 0.25) is 0 Å². The van der Waals surface area contributed by atoms with Gasteiger partial charge in [-0.1, -0.05) is 6.08 Å². The second-order valence-corrected chi connectivity index (χ2v) is 12.0. The van der Waals surface area contributed by atoms with Crippen molar-refractivity contribution < 1.29 is 48.5 Å². The van der Waals surface area contributed by atoms with Gasteiger partial charge in [-0.15, -0.1) is 0 Å². The first-order valence-electron chi connectivity index (χ1n) is 14.5. The van der Waals surface area contributed by atoms with Gasteiger partial charge >= 0.3 is 5.97 Å². The van der Waals surface area contributed by atoms with Crippen molar-refractivity contribution in [3.05, 3.63) is 56.6 Å².